The van der Waals surface area contributed by atoms with Crippen LogP contribution in [0.2, 0.25) is 0 Å². The van der Waals surface area contributed by atoms with Crippen molar-refractivity contribution in [2.75, 3.05) is 0 Å². The number of fused-ring (bicyclic) bond motifs is 6. The summed E-state index contributed by atoms with van der Waals surface area (Å²) in [4.78, 5) is 24.6. The average molecular weight is 340 g/mol. The highest BCUT2D eigenvalue weighted by Crippen LogP contribution is 2.67. The first-order valence-corrected chi connectivity index (χ1v) is 10.1. The van der Waals surface area contributed by atoms with E-state index in [2.05, 4.69) is 13.8 Å². The van der Waals surface area contributed by atoms with Gasteiger partial charge in [-0.3, -0.25) is 9.59 Å². The highest BCUT2D eigenvalue weighted by molar-refractivity contribution is 5.99. The van der Waals surface area contributed by atoms with E-state index in [1.54, 1.807) is 12.3 Å². The molecule has 0 aromatic carbocycles. The van der Waals surface area contributed by atoms with Gasteiger partial charge in [-0.1, -0.05) is 19.4 Å². The van der Waals surface area contributed by atoms with Gasteiger partial charge in [0.2, 0.25) is 5.78 Å². The molecule has 5 aliphatic rings. The van der Waals surface area contributed by atoms with E-state index in [0.29, 0.717) is 35.4 Å². The van der Waals surface area contributed by atoms with Crippen LogP contribution in [0.1, 0.15) is 58.8 Å². The summed E-state index contributed by atoms with van der Waals surface area (Å²) in [7, 11) is 0. The Morgan fingerprint density at radius 1 is 1.16 bits per heavy atom. The summed E-state index contributed by atoms with van der Waals surface area (Å²) in [6.07, 6.45) is 12.4. The van der Waals surface area contributed by atoms with Crippen LogP contribution in [0.5, 0.6) is 0 Å². The number of hydrogen-bond donors (Lipinski definition) is 0. The highest BCUT2D eigenvalue weighted by Gasteiger charge is 2.68. The lowest BCUT2D eigenvalue weighted by Crippen LogP contribution is -2.57. The summed E-state index contributed by atoms with van der Waals surface area (Å²) in [5.74, 6) is 3.66. The topological polar surface area (TPSA) is 43.4 Å². The second-order valence-corrected chi connectivity index (χ2v) is 9.47. The summed E-state index contributed by atoms with van der Waals surface area (Å²) in [6, 6.07) is 0. The van der Waals surface area contributed by atoms with Gasteiger partial charge < -0.3 is 4.74 Å². The SMILES string of the molecule is C[C@H]1C[C@@]2(C)[C@@H](CC[C@]23OC=CC3=O)[C@@H]2CCC3=CC(=O)CC[C@@H]3[C@H]21. The molecule has 3 nitrogen and oxygen atoms in total. The summed E-state index contributed by atoms with van der Waals surface area (Å²) in [6.45, 7) is 4.72. The molecule has 134 valence electrons. The van der Waals surface area contributed by atoms with E-state index >= 15 is 0 Å². The van der Waals surface area contributed by atoms with Gasteiger partial charge in [-0.25, -0.2) is 0 Å². The molecule has 0 unspecified atom stereocenters. The van der Waals surface area contributed by atoms with Crippen molar-refractivity contribution in [1.82, 2.24) is 0 Å². The third-order valence-corrected chi connectivity index (χ3v) is 8.60. The maximum atomic E-state index is 12.7. The van der Waals surface area contributed by atoms with Crippen molar-refractivity contribution in [3.05, 3.63) is 24.0 Å². The zero-order chi connectivity index (χ0) is 17.4. The van der Waals surface area contributed by atoms with Gasteiger partial charge >= 0.3 is 0 Å². The first-order chi connectivity index (χ1) is 12.0. The molecule has 0 aromatic heterocycles. The first kappa shape index (κ1) is 15.8. The molecule has 3 heteroatoms. The second-order valence-electron chi connectivity index (χ2n) is 9.47. The largest absolute Gasteiger partial charge is 0.486 e. The molecule has 1 aliphatic heterocycles. The van der Waals surface area contributed by atoms with Crippen LogP contribution in [0.3, 0.4) is 0 Å². The van der Waals surface area contributed by atoms with Gasteiger partial charge in [0.1, 0.15) is 0 Å². The molecule has 1 spiro atoms. The third kappa shape index (κ3) is 1.88. The summed E-state index contributed by atoms with van der Waals surface area (Å²) < 4.78 is 6.05. The van der Waals surface area contributed by atoms with Gasteiger partial charge in [0.25, 0.3) is 0 Å². The lowest BCUT2D eigenvalue weighted by atomic mass is 9.47. The zero-order valence-electron chi connectivity index (χ0n) is 15.3. The van der Waals surface area contributed by atoms with Crippen LogP contribution in [0.25, 0.3) is 0 Å². The number of rotatable bonds is 0. The van der Waals surface area contributed by atoms with Crippen molar-refractivity contribution >= 4 is 11.6 Å². The molecule has 3 saturated carbocycles. The van der Waals surface area contributed by atoms with E-state index in [1.165, 1.54) is 12.0 Å². The van der Waals surface area contributed by atoms with Gasteiger partial charge in [0, 0.05) is 17.9 Å². The van der Waals surface area contributed by atoms with Gasteiger partial charge in [-0.05, 0) is 74.2 Å². The second kappa shape index (κ2) is 5.08. The lowest BCUT2D eigenvalue weighted by Gasteiger charge is -2.57. The van der Waals surface area contributed by atoms with Crippen LogP contribution in [0, 0.1) is 35.0 Å². The summed E-state index contributed by atoms with van der Waals surface area (Å²) in [5.41, 5.74) is 0.797. The zero-order valence-corrected chi connectivity index (χ0v) is 15.3. The summed E-state index contributed by atoms with van der Waals surface area (Å²) in [5, 5.41) is 0. The molecule has 0 aromatic rings. The summed E-state index contributed by atoms with van der Waals surface area (Å²) >= 11 is 0. The van der Waals surface area contributed by atoms with Crippen molar-refractivity contribution in [1.29, 1.82) is 0 Å². The number of ether oxygens (including phenoxy) is 1. The molecule has 1 heterocycles. The third-order valence-electron chi connectivity index (χ3n) is 8.60. The van der Waals surface area contributed by atoms with Gasteiger partial charge in [-0.2, -0.15) is 0 Å². The molecule has 4 aliphatic carbocycles. The van der Waals surface area contributed by atoms with E-state index in [9.17, 15) is 9.59 Å². The number of carbonyl (C=O) groups excluding carboxylic acids is 2. The fourth-order valence-corrected chi connectivity index (χ4v) is 7.75. The monoisotopic (exact) mass is 340 g/mol. The molecule has 0 N–H and O–H groups in total. The normalized spacial score (nSPS) is 51.0. The standard InChI is InChI=1S/C22H28O3/c1-13-12-21(2)18(7-9-22(21)19(24)8-10-25-22)17-5-3-14-11-15(23)4-6-16(14)20(13)17/h8,10-11,13,16-18,20H,3-7,9,12H2,1-2H3/t13-,16-,17-,18-,20+,21-,22+/m0/s1. The number of ketones is 2. The van der Waals surface area contributed by atoms with E-state index in [-0.39, 0.29) is 11.2 Å². The van der Waals surface area contributed by atoms with Crippen molar-refractivity contribution in [3.63, 3.8) is 0 Å². The fourth-order valence-electron chi connectivity index (χ4n) is 7.75. The van der Waals surface area contributed by atoms with E-state index in [0.717, 1.165) is 38.5 Å². The molecule has 0 saturated heterocycles. The van der Waals surface area contributed by atoms with Crippen LogP contribution in [0.15, 0.2) is 24.0 Å². The van der Waals surface area contributed by atoms with Crippen molar-refractivity contribution in [3.8, 4) is 0 Å². The number of allylic oxidation sites excluding steroid dienone is 1. The van der Waals surface area contributed by atoms with Crippen LogP contribution in [-0.4, -0.2) is 17.2 Å². The Hall–Kier alpha value is -1.38. The van der Waals surface area contributed by atoms with Crippen LogP contribution in [0.4, 0.5) is 0 Å². The van der Waals surface area contributed by atoms with E-state index in [4.69, 9.17) is 4.74 Å². The number of hydrogen-bond acceptors (Lipinski definition) is 3. The predicted molar refractivity (Wildman–Crippen MR) is 94.6 cm³/mol. The minimum atomic E-state index is -0.588. The van der Waals surface area contributed by atoms with E-state index in [1.807, 2.05) is 6.08 Å². The highest BCUT2D eigenvalue weighted by atomic mass is 16.5. The molecular weight excluding hydrogens is 312 g/mol. The Balaban J connectivity index is 1.52. The lowest BCUT2D eigenvalue weighted by molar-refractivity contribution is -0.156. The Morgan fingerprint density at radius 2 is 2.00 bits per heavy atom. The van der Waals surface area contributed by atoms with Crippen molar-refractivity contribution in [2.24, 2.45) is 35.0 Å². The molecule has 0 amide bonds. The number of carbonyl (C=O) groups is 2. The average Bonchev–Trinajstić information content (AvgIpc) is 3.09. The molecule has 25 heavy (non-hydrogen) atoms. The Labute approximate surface area is 149 Å². The van der Waals surface area contributed by atoms with Crippen LogP contribution >= 0.6 is 0 Å². The van der Waals surface area contributed by atoms with Gasteiger partial charge in [0.05, 0.1) is 6.26 Å². The Bertz CT molecular complexity index is 704. The fraction of sp³-hybridized carbons (Fsp3) is 0.727. The van der Waals surface area contributed by atoms with E-state index < -0.39 is 5.60 Å². The first-order valence-electron chi connectivity index (χ1n) is 10.1. The van der Waals surface area contributed by atoms with Gasteiger partial charge in [0.15, 0.2) is 11.4 Å². The minimum absolute atomic E-state index is 0.0418. The Morgan fingerprint density at radius 3 is 2.76 bits per heavy atom. The molecular formula is C22H28O3. The van der Waals surface area contributed by atoms with Crippen molar-refractivity contribution < 1.29 is 14.3 Å². The quantitative estimate of drug-likeness (QED) is 0.663. The molecule has 7 atom stereocenters. The molecule has 3 fully saturated rings. The maximum absolute atomic E-state index is 12.7. The molecule has 5 rings (SSSR count). The van der Waals surface area contributed by atoms with Crippen LogP contribution in [-0.2, 0) is 14.3 Å². The smallest absolute Gasteiger partial charge is 0.202 e. The minimum Gasteiger partial charge on any atom is -0.486 e. The van der Waals surface area contributed by atoms with Gasteiger partial charge in [-0.15, -0.1) is 0 Å². The molecule has 0 radical (unpaired) electrons. The van der Waals surface area contributed by atoms with Crippen LogP contribution < -0.4 is 0 Å². The molecule has 0 bridgehead atoms. The predicted octanol–water partition coefficient (Wildman–Crippen LogP) is 4.23. The Kier molecular flexibility index (Phi) is 3.22. The van der Waals surface area contributed by atoms with Crippen molar-refractivity contribution in [2.45, 2.75) is 64.4 Å². The maximum Gasteiger partial charge on any atom is 0.202 e.